The summed E-state index contributed by atoms with van der Waals surface area (Å²) in [7, 11) is 0. The summed E-state index contributed by atoms with van der Waals surface area (Å²) < 4.78 is 0. The number of amides is 1. The third-order valence-electron chi connectivity index (χ3n) is 6.52. The Labute approximate surface area is 183 Å². The number of quaternary nitrogens is 1. The van der Waals surface area contributed by atoms with E-state index in [2.05, 4.69) is 11.1 Å². The molecule has 31 heavy (non-hydrogen) atoms. The fourth-order valence-corrected chi connectivity index (χ4v) is 4.48. The number of nitrogens with one attached hydrogen (secondary N) is 2. The van der Waals surface area contributed by atoms with Gasteiger partial charge < -0.3 is 14.8 Å². The van der Waals surface area contributed by atoms with E-state index in [0.717, 1.165) is 40.7 Å². The number of hydrogen-bond acceptors (Lipinski definition) is 2. The number of hydrogen-bond donors (Lipinski definition) is 2. The molecule has 4 rings (SSSR count). The summed E-state index contributed by atoms with van der Waals surface area (Å²) in [5.74, 6) is 0.111. The molecular formula is C26H32N3O2+. The number of carbonyl (C=O) groups excluding carboxylic acids is 1. The van der Waals surface area contributed by atoms with Gasteiger partial charge in [-0.3, -0.25) is 9.59 Å². The van der Waals surface area contributed by atoms with Crippen molar-refractivity contribution >= 4 is 16.8 Å². The van der Waals surface area contributed by atoms with Gasteiger partial charge in [0.25, 0.3) is 11.5 Å². The first-order valence-corrected chi connectivity index (χ1v) is 11.3. The first kappa shape index (κ1) is 21.3. The molecule has 1 amide bonds. The average Bonchev–Trinajstić information content (AvgIpc) is 2.78. The van der Waals surface area contributed by atoms with Crippen molar-refractivity contribution < 1.29 is 9.69 Å². The van der Waals surface area contributed by atoms with Crippen molar-refractivity contribution in [3.63, 3.8) is 0 Å². The van der Waals surface area contributed by atoms with E-state index in [1.54, 1.807) is 0 Å². The van der Waals surface area contributed by atoms with Crippen molar-refractivity contribution in [1.82, 2.24) is 9.88 Å². The van der Waals surface area contributed by atoms with Crippen LogP contribution in [0.3, 0.4) is 0 Å². The highest BCUT2D eigenvalue weighted by Crippen LogP contribution is 2.19. The molecule has 0 saturated carbocycles. The fourth-order valence-electron chi connectivity index (χ4n) is 4.48. The summed E-state index contributed by atoms with van der Waals surface area (Å²) in [4.78, 5) is 32.4. The molecule has 5 nitrogen and oxygen atoms in total. The quantitative estimate of drug-likeness (QED) is 0.647. The molecule has 162 valence electrons. The maximum Gasteiger partial charge on any atom is 0.278 e. The number of likely N-dealkylation sites (tertiary alicyclic amines) is 1. The molecule has 5 heteroatoms. The Balaban J connectivity index is 1.61. The minimum Gasteiger partial charge on any atom is -0.329 e. The summed E-state index contributed by atoms with van der Waals surface area (Å²) in [5, 5.41) is 1.01. The lowest BCUT2D eigenvalue weighted by Crippen LogP contribution is -3.13. The van der Waals surface area contributed by atoms with Crippen LogP contribution < -0.4 is 10.5 Å². The van der Waals surface area contributed by atoms with Gasteiger partial charge in [-0.1, -0.05) is 42.5 Å². The first-order valence-electron chi connectivity index (χ1n) is 11.3. The second-order valence-electron chi connectivity index (χ2n) is 8.82. The number of rotatable bonds is 6. The van der Waals surface area contributed by atoms with Crippen LogP contribution in [0, 0.1) is 13.8 Å². The maximum absolute atomic E-state index is 13.3. The van der Waals surface area contributed by atoms with Crippen LogP contribution in [0.4, 0.5) is 0 Å². The molecule has 0 atom stereocenters. The van der Waals surface area contributed by atoms with Crippen LogP contribution in [-0.4, -0.2) is 35.4 Å². The second-order valence-corrected chi connectivity index (χ2v) is 8.82. The second kappa shape index (κ2) is 9.48. The van der Waals surface area contributed by atoms with Crippen LogP contribution in [0.5, 0.6) is 0 Å². The Morgan fingerprint density at radius 1 is 1.00 bits per heavy atom. The summed E-state index contributed by atoms with van der Waals surface area (Å²) in [6.45, 7) is 7.51. The molecule has 1 aliphatic rings. The van der Waals surface area contributed by atoms with Crippen molar-refractivity contribution in [2.24, 2.45) is 0 Å². The highest BCUT2D eigenvalue weighted by Gasteiger charge is 2.23. The predicted octanol–water partition coefficient (Wildman–Crippen LogP) is 2.74. The SMILES string of the molecule is Cc1ccc2cc(CN(Cc3ccccc3)C(=O)C[NH+]3CCCCC3)c(=O)[nH]c2c1C. The van der Waals surface area contributed by atoms with Crippen LogP contribution in [0.2, 0.25) is 0 Å². The first-order chi connectivity index (χ1) is 15.0. The standard InChI is InChI=1S/C26H31N3O2/c1-19-11-12-22-15-23(26(31)27-25(22)20(19)2)17-29(16-21-9-5-3-6-10-21)24(30)18-28-13-7-4-8-14-28/h3,5-6,9-12,15H,4,7-8,13-14,16-18H2,1-2H3,(H,27,31)/p+1. The summed E-state index contributed by atoms with van der Waals surface area (Å²) in [6, 6.07) is 16.1. The lowest BCUT2D eigenvalue weighted by Gasteiger charge is -2.27. The van der Waals surface area contributed by atoms with Crippen LogP contribution in [0.25, 0.3) is 10.9 Å². The zero-order valence-corrected chi connectivity index (χ0v) is 18.5. The maximum atomic E-state index is 13.3. The summed E-state index contributed by atoms with van der Waals surface area (Å²) in [6.07, 6.45) is 3.63. The molecule has 2 aromatic carbocycles. The fraction of sp³-hybridized carbons (Fsp3) is 0.385. The van der Waals surface area contributed by atoms with Crippen molar-refractivity contribution in [3.8, 4) is 0 Å². The zero-order valence-electron chi connectivity index (χ0n) is 18.5. The van der Waals surface area contributed by atoms with E-state index in [4.69, 9.17) is 0 Å². The molecular weight excluding hydrogens is 386 g/mol. The molecule has 0 unspecified atom stereocenters. The van der Waals surface area contributed by atoms with Crippen molar-refractivity contribution in [2.45, 2.75) is 46.2 Å². The van der Waals surface area contributed by atoms with Gasteiger partial charge in [-0.15, -0.1) is 0 Å². The number of aryl methyl sites for hydroxylation is 2. The molecule has 2 N–H and O–H groups in total. The van der Waals surface area contributed by atoms with Gasteiger partial charge in [0, 0.05) is 12.1 Å². The van der Waals surface area contributed by atoms with Crippen LogP contribution >= 0.6 is 0 Å². The van der Waals surface area contributed by atoms with E-state index < -0.39 is 0 Å². The molecule has 0 bridgehead atoms. The highest BCUT2D eigenvalue weighted by atomic mass is 16.2. The smallest absolute Gasteiger partial charge is 0.278 e. The molecule has 1 aromatic heterocycles. The minimum atomic E-state index is -0.114. The van der Waals surface area contributed by atoms with Crippen LogP contribution in [0.1, 0.15) is 41.5 Å². The Morgan fingerprint density at radius 3 is 2.48 bits per heavy atom. The molecule has 0 aliphatic carbocycles. The number of H-pyrrole nitrogens is 1. The third-order valence-corrected chi connectivity index (χ3v) is 6.52. The largest absolute Gasteiger partial charge is 0.329 e. The highest BCUT2D eigenvalue weighted by molar-refractivity contribution is 5.83. The van der Waals surface area contributed by atoms with Gasteiger partial charge in [-0.05, 0) is 61.3 Å². The molecule has 1 aliphatic heterocycles. The Bertz CT molecular complexity index is 1110. The summed E-state index contributed by atoms with van der Waals surface area (Å²) >= 11 is 0. The van der Waals surface area contributed by atoms with E-state index in [1.807, 2.05) is 61.2 Å². The lowest BCUT2D eigenvalue weighted by molar-refractivity contribution is -0.897. The number of aromatic nitrogens is 1. The predicted molar refractivity (Wildman–Crippen MR) is 124 cm³/mol. The number of pyridine rings is 1. The molecule has 0 spiro atoms. The van der Waals surface area contributed by atoms with Gasteiger partial charge in [0.2, 0.25) is 0 Å². The Hall–Kier alpha value is -2.92. The molecule has 1 saturated heterocycles. The number of aromatic amines is 1. The number of fused-ring (bicyclic) bond motifs is 1. The van der Waals surface area contributed by atoms with Gasteiger partial charge in [-0.25, -0.2) is 0 Å². The van der Waals surface area contributed by atoms with Crippen molar-refractivity contribution in [1.29, 1.82) is 0 Å². The number of piperidine rings is 1. The minimum absolute atomic E-state index is 0.111. The summed E-state index contributed by atoms with van der Waals surface area (Å²) in [5.41, 5.74) is 4.72. The van der Waals surface area contributed by atoms with Crippen molar-refractivity contribution in [2.75, 3.05) is 19.6 Å². The molecule has 1 fully saturated rings. The number of carbonyl (C=O) groups is 1. The Morgan fingerprint density at radius 2 is 1.74 bits per heavy atom. The monoisotopic (exact) mass is 418 g/mol. The van der Waals surface area contributed by atoms with Gasteiger partial charge >= 0.3 is 0 Å². The van der Waals surface area contributed by atoms with E-state index in [0.29, 0.717) is 25.2 Å². The molecule has 3 aromatic rings. The van der Waals surface area contributed by atoms with Gasteiger partial charge in [0.05, 0.1) is 25.2 Å². The van der Waals surface area contributed by atoms with Gasteiger partial charge in [-0.2, -0.15) is 0 Å². The number of nitrogens with zero attached hydrogens (tertiary/aromatic N) is 1. The average molecular weight is 419 g/mol. The zero-order chi connectivity index (χ0) is 21.8. The topological polar surface area (TPSA) is 57.6 Å². The third kappa shape index (κ3) is 5.05. The van der Waals surface area contributed by atoms with E-state index in [-0.39, 0.29) is 11.5 Å². The van der Waals surface area contributed by atoms with E-state index in [1.165, 1.54) is 24.2 Å². The van der Waals surface area contributed by atoms with Crippen molar-refractivity contribution in [3.05, 3.63) is 81.1 Å². The van der Waals surface area contributed by atoms with Crippen LogP contribution in [0.15, 0.2) is 53.3 Å². The van der Waals surface area contributed by atoms with Crippen LogP contribution in [-0.2, 0) is 17.9 Å². The molecule has 2 heterocycles. The van der Waals surface area contributed by atoms with E-state index >= 15 is 0 Å². The lowest BCUT2D eigenvalue weighted by atomic mass is 10.0. The van der Waals surface area contributed by atoms with Gasteiger partial charge in [0.1, 0.15) is 0 Å². The van der Waals surface area contributed by atoms with Gasteiger partial charge in [0.15, 0.2) is 6.54 Å². The van der Waals surface area contributed by atoms with E-state index in [9.17, 15) is 9.59 Å². The number of benzene rings is 2. The normalized spacial score (nSPS) is 14.6. The molecule has 0 radical (unpaired) electrons. The Kier molecular flexibility index (Phi) is 6.52.